The van der Waals surface area contributed by atoms with Crippen LogP contribution >= 0.6 is 0 Å². The first-order valence-corrected chi connectivity index (χ1v) is 2.11. The van der Waals surface area contributed by atoms with Crippen molar-refractivity contribution in [3.05, 3.63) is 37.8 Å². The fourth-order valence-electron chi connectivity index (χ4n) is 0.420. The van der Waals surface area contributed by atoms with E-state index < -0.39 is 0 Å². The normalized spacial score (nSPS) is 6.00. The van der Waals surface area contributed by atoms with E-state index in [1.165, 1.54) is 12.1 Å². The summed E-state index contributed by atoms with van der Waals surface area (Å²) in [6, 6.07) is 8.33. The molecule has 0 spiro atoms. The Morgan fingerprint density at radius 3 is 1.60 bits per heavy atom. The molecule has 0 aliphatic carbocycles. The minimum atomic E-state index is 0. The predicted molar refractivity (Wildman–Crippen MR) is 38.1 cm³/mol. The fraction of sp³-hybridized carbons (Fsp3) is 0. The van der Waals surface area contributed by atoms with Gasteiger partial charge in [0.15, 0.2) is 0 Å². The maximum absolute atomic E-state index is 10.3. The summed E-state index contributed by atoms with van der Waals surface area (Å²) in [6.07, 6.45) is 0. The molecule has 0 atom stereocenters. The van der Waals surface area contributed by atoms with Crippen molar-refractivity contribution in [2.75, 3.05) is 0 Å². The molecular weight excluding hydrogens is 160 g/mol. The van der Waals surface area contributed by atoms with Crippen LogP contribution in [0, 0.1) is 7.43 Å². The Morgan fingerprint density at radius 2 is 1.40 bits per heavy atom. The summed E-state index contributed by atoms with van der Waals surface area (Å²) in [5.74, 6) is 0.0718. The van der Waals surface area contributed by atoms with Crippen LogP contribution in [0.25, 0.3) is 0 Å². The van der Waals surface area contributed by atoms with E-state index in [2.05, 4.69) is 0 Å². The van der Waals surface area contributed by atoms with Crippen molar-refractivity contribution in [1.29, 1.82) is 0 Å². The summed E-state index contributed by atoms with van der Waals surface area (Å²) in [7, 11) is 0. The van der Waals surface area contributed by atoms with Gasteiger partial charge in [-0.2, -0.15) is 0 Å². The second kappa shape index (κ2) is 9.08. The molecule has 0 heterocycles. The number of hydrogen-bond acceptors (Lipinski definition) is 1. The average Bonchev–Trinajstić information content (AvgIpc) is 1.69. The van der Waals surface area contributed by atoms with Gasteiger partial charge in [-0.05, 0) is 0 Å². The van der Waals surface area contributed by atoms with Crippen LogP contribution in [0.15, 0.2) is 30.3 Å². The summed E-state index contributed by atoms with van der Waals surface area (Å²) in [5, 5.41) is 10.3. The van der Waals surface area contributed by atoms with Gasteiger partial charge >= 0.3 is 23.1 Å². The largest absolute Gasteiger partial charge is 2.00 e. The first-order chi connectivity index (χ1) is 3.39. The standard InChI is InChI=1S/C6H6O.CH3.ClH.Mg/c7-6-4-2-1-3-5-6;;;/h1-5,7H;1H3;1H;/q;-1;;+2/p-2. The molecule has 0 bridgehead atoms. The Hall–Kier alpha value is 0.0762. The second-order valence-corrected chi connectivity index (χ2v) is 1.31. The molecular formula is C7H8ClMgO-. The zero-order valence-corrected chi connectivity index (χ0v) is 8.05. The number of rotatable bonds is 0. The van der Waals surface area contributed by atoms with E-state index in [1.54, 1.807) is 12.1 Å². The van der Waals surface area contributed by atoms with E-state index in [0.717, 1.165) is 0 Å². The summed E-state index contributed by atoms with van der Waals surface area (Å²) in [4.78, 5) is 0. The summed E-state index contributed by atoms with van der Waals surface area (Å²) < 4.78 is 0. The van der Waals surface area contributed by atoms with Crippen LogP contribution in [-0.2, 0) is 0 Å². The van der Waals surface area contributed by atoms with E-state index in [4.69, 9.17) is 0 Å². The molecule has 10 heavy (non-hydrogen) atoms. The molecule has 0 saturated heterocycles. The Morgan fingerprint density at radius 1 is 1.00 bits per heavy atom. The molecule has 1 aromatic carbocycles. The summed E-state index contributed by atoms with van der Waals surface area (Å²) in [6.45, 7) is 0. The third kappa shape index (κ3) is 6.20. The third-order valence-electron chi connectivity index (χ3n) is 0.743. The van der Waals surface area contributed by atoms with Gasteiger partial charge in [0, 0.05) is 0 Å². The maximum Gasteiger partial charge on any atom is 2.00 e. The SMILES string of the molecule is [CH3-].[Cl-].[Mg+2].[O-]c1ccccc1. The second-order valence-electron chi connectivity index (χ2n) is 1.31. The van der Waals surface area contributed by atoms with Gasteiger partial charge in [0.05, 0.1) is 0 Å². The maximum atomic E-state index is 10.3. The molecule has 0 saturated carbocycles. The fourth-order valence-corrected chi connectivity index (χ4v) is 0.420. The van der Waals surface area contributed by atoms with Crippen molar-refractivity contribution in [1.82, 2.24) is 0 Å². The van der Waals surface area contributed by atoms with Gasteiger partial charge in [-0.3, -0.25) is 0 Å². The van der Waals surface area contributed by atoms with Crippen molar-refractivity contribution in [3.8, 4) is 5.75 Å². The van der Waals surface area contributed by atoms with Crippen LogP contribution in [0.4, 0.5) is 0 Å². The van der Waals surface area contributed by atoms with Gasteiger partial charge < -0.3 is 24.9 Å². The molecule has 3 heteroatoms. The topological polar surface area (TPSA) is 23.1 Å². The summed E-state index contributed by atoms with van der Waals surface area (Å²) in [5.41, 5.74) is 0. The molecule has 0 aliphatic heterocycles. The zero-order valence-electron chi connectivity index (χ0n) is 5.88. The van der Waals surface area contributed by atoms with Crippen molar-refractivity contribution >= 4 is 23.1 Å². The van der Waals surface area contributed by atoms with Gasteiger partial charge in [-0.25, -0.2) is 0 Å². The van der Waals surface area contributed by atoms with Gasteiger partial charge in [0.2, 0.25) is 0 Å². The molecule has 0 N–H and O–H groups in total. The van der Waals surface area contributed by atoms with Gasteiger partial charge in [-0.1, -0.05) is 30.3 Å². The number of benzene rings is 1. The van der Waals surface area contributed by atoms with Gasteiger partial charge in [0.25, 0.3) is 0 Å². The van der Waals surface area contributed by atoms with Crippen molar-refractivity contribution in [2.24, 2.45) is 0 Å². The third-order valence-corrected chi connectivity index (χ3v) is 0.743. The molecule has 0 aliphatic rings. The van der Waals surface area contributed by atoms with Crippen LogP contribution in [0.1, 0.15) is 0 Å². The Kier molecular flexibility index (Phi) is 15.0. The molecule has 0 aromatic heterocycles. The van der Waals surface area contributed by atoms with Crippen LogP contribution < -0.4 is 17.5 Å². The zero-order chi connectivity index (χ0) is 5.11. The van der Waals surface area contributed by atoms with E-state index >= 15 is 0 Å². The minimum absolute atomic E-state index is 0. The number of halogens is 1. The van der Waals surface area contributed by atoms with Crippen molar-refractivity contribution in [2.45, 2.75) is 0 Å². The van der Waals surface area contributed by atoms with Crippen molar-refractivity contribution in [3.63, 3.8) is 0 Å². The molecule has 0 amide bonds. The first kappa shape index (κ1) is 16.6. The van der Waals surface area contributed by atoms with E-state index in [9.17, 15) is 5.11 Å². The number of hydrogen-bond donors (Lipinski definition) is 0. The van der Waals surface area contributed by atoms with Crippen LogP contribution in [0.5, 0.6) is 5.75 Å². The van der Waals surface area contributed by atoms with E-state index in [1.807, 2.05) is 6.07 Å². The van der Waals surface area contributed by atoms with Crippen LogP contribution in [-0.4, -0.2) is 23.1 Å². The summed E-state index contributed by atoms with van der Waals surface area (Å²) >= 11 is 0. The molecule has 1 nitrogen and oxygen atoms in total. The quantitative estimate of drug-likeness (QED) is 0.319. The average molecular weight is 168 g/mol. The monoisotopic (exact) mass is 167 g/mol. The van der Waals surface area contributed by atoms with Gasteiger partial charge in [-0.15, -0.1) is 5.75 Å². The van der Waals surface area contributed by atoms with Crippen molar-refractivity contribution < 1.29 is 17.5 Å². The van der Waals surface area contributed by atoms with Crippen LogP contribution in [0.2, 0.25) is 0 Å². The molecule has 1 aromatic rings. The predicted octanol–water partition coefficient (Wildman–Crippen LogP) is -2.17. The Balaban J connectivity index is -0.000000163. The molecule has 0 radical (unpaired) electrons. The van der Waals surface area contributed by atoms with E-state index in [0.29, 0.717) is 0 Å². The van der Waals surface area contributed by atoms with Crippen LogP contribution in [0.3, 0.4) is 0 Å². The molecule has 1 rings (SSSR count). The Labute approximate surface area is 84.0 Å². The molecule has 52 valence electrons. The molecule has 0 unspecified atom stereocenters. The van der Waals surface area contributed by atoms with E-state index in [-0.39, 0.29) is 48.6 Å². The number of para-hydroxylation sites is 1. The minimum Gasteiger partial charge on any atom is -1.00 e. The smallest absolute Gasteiger partial charge is 1.00 e. The van der Waals surface area contributed by atoms with Gasteiger partial charge in [0.1, 0.15) is 0 Å². The Bertz CT molecular complexity index is 144. The first-order valence-electron chi connectivity index (χ1n) is 2.11. The molecule has 0 fully saturated rings.